The normalized spacial score (nSPS) is 10.5. The Bertz CT molecular complexity index is 781. The number of rotatable bonds is 7. The summed E-state index contributed by atoms with van der Waals surface area (Å²) in [5, 5.41) is 13.6. The van der Waals surface area contributed by atoms with Crippen LogP contribution in [0.25, 0.3) is 11.7 Å². The standard InChI is InChI=1S/C16H16N4O4/c1-2-3-10-22-12-6-4-11(5-7-12)14(21)18-16-20-19-15(23-16)13-8-9-17-24-13/h4-9H,2-3,10H2,1H3,(H,18,20,21). The predicted octanol–water partition coefficient (Wildman–Crippen LogP) is 3.16. The van der Waals surface area contributed by atoms with Crippen molar-refractivity contribution < 1.29 is 18.5 Å². The molecule has 1 aromatic carbocycles. The molecule has 0 aliphatic carbocycles. The van der Waals surface area contributed by atoms with Crippen LogP contribution in [0, 0.1) is 0 Å². The smallest absolute Gasteiger partial charge is 0.322 e. The second-order valence-corrected chi connectivity index (χ2v) is 4.97. The Morgan fingerprint density at radius 3 is 2.75 bits per heavy atom. The van der Waals surface area contributed by atoms with Gasteiger partial charge in [-0.3, -0.25) is 10.1 Å². The van der Waals surface area contributed by atoms with Crippen LogP contribution in [-0.2, 0) is 0 Å². The van der Waals surface area contributed by atoms with Gasteiger partial charge in [0.15, 0.2) is 0 Å². The van der Waals surface area contributed by atoms with E-state index in [9.17, 15) is 4.79 Å². The Morgan fingerprint density at radius 1 is 1.21 bits per heavy atom. The largest absolute Gasteiger partial charge is 0.494 e. The van der Waals surface area contributed by atoms with E-state index in [1.165, 1.54) is 6.20 Å². The predicted molar refractivity (Wildman–Crippen MR) is 84.6 cm³/mol. The summed E-state index contributed by atoms with van der Waals surface area (Å²) in [5.41, 5.74) is 0.456. The first kappa shape index (κ1) is 15.7. The van der Waals surface area contributed by atoms with E-state index in [-0.39, 0.29) is 17.8 Å². The summed E-state index contributed by atoms with van der Waals surface area (Å²) in [6.45, 7) is 2.76. The second-order valence-electron chi connectivity index (χ2n) is 4.97. The number of hydrogen-bond acceptors (Lipinski definition) is 7. The highest BCUT2D eigenvalue weighted by Crippen LogP contribution is 2.19. The van der Waals surface area contributed by atoms with E-state index in [0.717, 1.165) is 18.6 Å². The first-order chi connectivity index (χ1) is 11.8. The SMILES string of the molecule is CCCCOc1ccc(C(=O)Nc2nnc(-c3ccno3)o2)cc1. The van der Waals surface area contributed by atoms with Crippen molar-refractivity contribution in [1.29, 1.82) is 0 Å². The van der Waals surface area contributed by atoms with Crippen LogP contribution >= 0.6 is 0 Å². The van der Waals surface area contributed by atoms with Gasteiger partial charge in [-0.15, -0.1) is 5.10 Å². The molecule has 1 amide bonds. The van der Waals surface area contributed by atoms with Crippen LogP contribution in [0.2, 0.25) is 0 Å². The minimum absolute atomic E-state index is 0.0188. The topological polar surface area (TPSA) is 103 Å². The van der Waals surface area contributed by atoms with Crippen LogP contribution in [-0.4, -0.2) is 27.9 Å². The Hall–Kier alpha value is -3.16. The Labute approximate surface area is 137 Å². The van der Waals surface area contributed by atoms with Crippen molar-refractivity contribution in [3.8, 4) is 17.4 Å². The van der Waals surface area contributed by atoms with Crippen LogP contribution in [0.4, 0.5) is 6.01 Å². The van der Waals surface area contributed by atoms with Gasteiger partial charge in [-0.2, -0.15) is 0 Å². The maximum absolute atomic E-state index is 12.2. The number of aromatic nitrogens is 3. The fraction of sp³-hybridized carbons (Fsp3) is 0.250. The van der Waals surface area contributed by atoms with Crippen LogP contribution in [0.1, 0.15) is 30.1 Å². The van der Waals surface area contributed by atoms with Gasteiger partial charge in [-0.1, -0.05) is 23.6 Å². The number of ether oxygens (including phenoxy) is 1. The summed E-state index contributed by atoms with van der Waals surface area (Å²) in [4.78, 5) is 12.2. The molecule has 1 N–H and O–H groups in total. The summed E-state index contributed by atoms with van der Waals surface area (Å²) >= 11 is 0. The molecule has 8 nitrogen and oxygen atoms in total. The van der Waals surface area contributed by atoms with Crippen LogP contribution in [0.3, 0.4) is 0 Å². The fourth-order valence-electron chi connectivity index (χ4n) is 1.91. The fourth-order valence-corrected chi connectivity index (χ4v) is 1.91. The van der Waals surface area contributed by atoms with Gasteiger partial charge in [-0.25, -0.2) is 0 Å². The lowest BCUT2D eigenvalue weighted by Gasteiger charge is -2.06. The van der Waals surface area contributed by atoms with Gasteiger partial charge in [0.1, 0.15) is 5.75 Å². The van der Waals surface area contributed by atoms with Crippen molar-refractivity contribution in [2.24, 2.45) is 0 Å². The molecule has 0 unspecified atom stereocenters. The summed E-state index contributed by atoms with van der Waals surface area (Å²) in [5.74, 6) is 0.840. The van der Waals surface area contributed by atoms with Crippen molar-refractivity contribution in [1.82, 2.24) is 15.4 Å². The molecule has 2 aromatic heterocycles. The maximum atomic E-state index is 12.2. The number of amides is 1. The number of benzene rings is 1. The quantitative estimate of drug-likeness (QED) is 0.664. The van der Waals surface area contributed by atoms with Crippen molar-refractivity contribution >= 4 is 11.9 Å². The van der Waals surface area contributed by atoms with Crippen molar-refractivity contribution in [2.75, 3.05) is 11.9 Å². The third-order valence-corrected chi connectivity index (χ3v) is 3.18. The molecular formula is C16H16N4O4. The molecule has 0 fully saturated rings. The lowest BCUT2D eigenvalue weighted by atomic mass is 10.2. The molecule has 0 radical (unpaired) electrons. The zero-order valence-corrected chi connectivity index (χ0v) is 13.1. The molecule has 8 heteroatoms. The van der Waals surface area contributed by atoms with Gasteiger partial charge in [0, 0.05) is 11.6 Å². The van der Waals surface area contributed by atoms with Crippen LogP contribution in [0.15, 0.2) is 45.5 Å². The summed E-state index contributed by atoms with van der Waals surface area (Å²) in [6.07, 6.45) is 3.52. The minimum Gasteiger partial charge on any atom is -0.494 e. The highest BCUT2D eigenvalue weighted by atomic mass is 16.5. The lowest BCUT2D eigenvalue weighted by Crippen LogP contribution is -2.12. The number of nitrogens with zero attached hydrogens (tertiary/aromatic N) is 3. The zero-order valence-electron chi connectivity index (χ0n) is 13.1. The van der Waals surface area contributed by atoms with Crippen LogP contribution in [0.5, 0.6) is 5.75 Å². The number of unbranched alkanes of at least 4 members (excludes halogenated alkanes) is 1. The Balaban J connectivity index is 1.60. The summed E-state index contributed by atoms with van der Waals surface area (Å²) in [6, 6.07) is 8.40. The molecule has 0 aliphatic rings. The first-order valence-corrected chi connectivity index (χ1v) is 7.55. The molecule has 2 heterocycles. The van der Waals surface area contributed by atoms with E-state index in [1.54, 1.807) is 30.3 Å². The molecule has 0 aliphatic heterocycles. The van der Waals surface area contributed by atoms with Gasteiger partial charge < -0.3 is 13.7 Å². The molecule has 0 spiro atoms. The number of anilines is 1. The molecule has 3 aromatic rings. The van der Waals surface area contributed by atoms with E-state index in [2.05, 4.69) is 27.6 Å². The van der Waals surface area contributed by atoms with E-state index in [4.69, 9.17) is 13.7 Å². The van der Waals surface area contributed by atoms with E-state index >= 15 is 0 Å². The third-order valence-electron chi connectivity index (χ3n) is 3.18. The maximum Gasteiger partial charge on any atom is 0.322 e. The molecule has 0 saturated carbocycles. The molecule has 0 atom stereocenters. The van der Waals surface area contributed by atoms with E-state index in [0.29, 0.717) is 17.9 Å². The van der Waals surface area contributed by atoms with Crippen molar-refractivity contribution in [3.63, 3.8) is 0 Å². The Kier molecular flexibility index (Phi) is 4.85. The van der Waals surface area contributed by atoms with Crippen molar-refractivity contribution in [2.45, 2.75) is 19.8 Å². The molecule has 124 valence electrons. The van der Waals surface area contributed by atoms with Gasteiger partial charge in [-0.05, 0) is 30.7 Å². The van der Waals surface area contributed by atoms with E-state index in [1.807, 2.05) is 0 Å². The lowest BCUT2D eigenvalue weighted by molar-refractivity contribution is 0.102. The minimum atomic E-state index is -0.358. The second kappa shape index (κ2) is 7.40. The van der Waals surface area contributed by atoms with Gasteiger partial charge in [0.2, 0.25) is 5.76 Å². The highest BCUT2D eigenvalue weighted by molar-refractivity contribution is 6.03. The van der Waals surface area contributed by atoms with E-state index < -0.39 is 0 Å². The average molecular weight is 328 g/mol. The molecule has 3 rings (SSSR count). The molecule has 0 bridgehead atoms. The van der Waals surface area contributed by atoms with Gasteiger partial charge in [0.05, 0.1) is 12.8 Å². The molecule has 0 saturated heterocycles. The summed E-state index contributed by atoms with van der Waals surface area (Å²) in [7, 11) is 0. The molecule has 24 heavy (non-hydrogen) atoms. The first-order valence-electron chi connectivity index (χ1n) is 7.55. The van der Waals surface area contributed by atoms with Crippen LogP contribution < -0.4 is 10.1 Å². The monoisotopic (exact) mass is 328 g/mol. The number of nitrogens with one attached hydrogen (secondary N) is 1. The zero-order chi connectivity index (χ0) is 16.8. The van der Waals surface area contributed by atoms with Crippen molar-refractivity contribution in [3.05, 3.63) is 42.1 Å². The highest BCUT2D eigenvalue weighted by Gasteiger charge is 2.14. The third kappa shape index (κ3) is 3.78. The summed E-state index contributed by atoms with van der Waals surface area (Å²) < 4.78 is 15.8. The van der Waals surface area contributed by atoms with Gasteiger partial charge >= 0.3 is 6.01 Å². The average Bonchev–Trinajstić information content (AvgIpc) is 3.27. The molecular weight excluding hydrogens is 312 g/mol. The number of carbonyl (C=O) groups excluding carboxylic acids is 1. The Morgan fingerprint density at radius 2 is 2.04 bits per heavy atom. The number of hydrogen-bond donors (Lipinski definition) is 1. The number of carbonyl (C=O) groups is 1. The van der Waals surface area contributed by atoms with Gasteiger partial charge in [0.25, 0.3) is 11.8 Å².